The zero-order valence-corrected chi connectivity index (χ0v) is 21.0. The molecule has 0 aromatic rings. The highest BCUT2D eigenvalue weighted by atomic mass is 19.4. The molecule has 0 bridgehead atoms. The van der Waals surface area contributed by atoms with Gasteiger partial charge < -0.3 is 0 Å². The molecule has 0 aromatic heterocycles. The monoisotopic (exact) mass is 612 g/mol. The minimum absolute atomic E-state index is 0. The van der Waals surface area contributed by atoms with Crippen LogP contribution >= 0.6 is 0 Å². The van der Waals surface area contributed by atoms with E-state index in [1.165, 1.54) is 0 Å². The van der Waals surface area contributed by atoms with Crippen molar-refractivity contribution in [3.8, 4) is 0 Å². The maximum Gasteiger partial charge on any atom is 0.400 e. The third-order valence-electron chi connectivity index (χ3n) is 8.02. The lowest BCUT2D eigenvalue weighted by Gasteiger charge is -2.52. The van der Waals surface area contributed by atoms with E-state index in [2.05, 4.69) is 0 Å². The molecule has 16 heteroatoms. The lowest BCUT2D eigenvalue weighted by Crippen LogP contribution is -2.69. The van der Waals surface area contributed by atoms with Crippen LogP contribution < -0.4 is 0 Å². The van der Waals surface area contributed by atoms with E-state index in [0.29, 0.717) is 0 Å². The van der Waals surface area contributed by atoms with Crippen LogP contribution in [-0.2, 0) is 0 Å². The maximum atomic E-state index is 14.3. The molecule has 2 saturated carbocycles. The fraction of sp³-hybridized carbons (Fsp3) is 1.00. The molecule has 2 rings (SSSR count). The summed E-state index contributed by atoms with van der Waals surface area (Å²) in [6.45, 7) is 2.15. The van der Waals surface area contributed by atoms with Crippen molar-refractivity contribution in [3.63, 3.8) is 0 Å². The highest BCUT2D eigenvalue weighted by Gasteiger charge is 2.86. The molecule has 2 fully saturated rings. The van der Waals surface area contributed by atoms with Gasteiger partial charge in [-0.25, -0.2) is 43.9 Å². The average molecular weight is 612 g/mol. The van der Waals surface area contributed by atoms with Crippen LogP contribution in [0.25, 0.3) is 0 Å². The molecule has 6 atom stereocenters. The van der Waals surface area contributed by atoms with Crippen molar-refractivity contribution in [3.05, 3.63) is 0 Å². The van der Waals surface area contributed by atoms with E-state index in [4.69, 9.17) is 0 Å². The summed E-state index contributed by atoms with van der Waals surface area (Å²) >= 11 is 0. The van der Waals surface area contributed by atoms with Gasteiger partial charge in [-0.3, -0.25) is 0 Å². The summed E-state index contributed by atoms with van der Waals surface area (Å²) in [6, 6.07) is 0. The number of alkyl halides is 16. The number of rotatable bonds is 3. The van der Waals surface area contributed by atoms with Crippen LogP contribution in [-0.4, -0.2) is 47.4 Å². The van der Waals surface area contributed by atoms with Crippen LogP contribution in [0.15, 0.2) is 0 Å². The largest absolute Gasteiger partial charge is 0.400 e. The summed E-state index contributed by atoms with van der Waals surface area (Å²) in [5, 5.41) is 0. The molecule has 2 aliphatic rings. The fourth-order valence-corrected chi connectivity index (χ4v) is 5.46. The Morgan fingerprint density at radius 3 is 1.23 bits per heavy atom. The van der Waals surface area contributed by atoms with E-state index in [0.717, 1.165) is 13.8 Å². The quantitative estimate of drug-likeness (QED) is 0.278. The first-order chi connectivity index (χ1) is 16.3. The van der Waals surface area contributed by atoms with Crippen LogP contribution in [0.2, 0.25) is 0 Å². The minimum atomic E-state index is -5.48. The standard InChI is InChI=1S/2C11H14F8.CH4/c1-6-4-7(2,11(17,18)19)10(15,16)9(14,5-6)8(3,12)13;1-4-6-5-7(2,11(17,18)19)10(15,16)9(6,14)8(3,12)13;/h2*6H,4-5H2,1-3H3;1H4. The first-order valence-electron chi connectivity index (χ1n) is 11.3. The molecule has 0 radical (unpaired) electrons. The van der Waals surface area contributed by atoms with Crippen LogP contribution in [0.1, 0.15) is 74.7 Å². The molecule has 6 unspecified atom stereocenters. The fourth-order valence-electron chi connectivity index (χ4n) is 5.46. The summed E-state index contributed by atoms with van der Waals surface area (Å²) in [7, 11) is 0. The minimum Gasteiger partial charge on any atom is -0.230 e. The predicted octanol–water partition coefficient (Wildman–Crippen LogP) is 10.6. The summed E-state index contributed by atoms with van der Waals surface area (Å²) in [5.74, 6) is -22.8. The highest BCUT2D eigenvalue weighted by Crippen LogP contribution is 2.70. The number of hydrogen-bond donors (Lipinski definition) is 0. The van der Waals surface area contributed by atoms with Crippen molar-refractivity contribution >= 4 is 0 Å². The van der Waals surface area contributed by atoms with Crippen molar-refractivity contribution < 1.29 is 70.2 Å². The molecule has 39 heavy (non-hydrogen) atoms. The summed E-state index contributed by atoms with van der Waals surface area (Å²) in [6.07, 6.45) is -15.2. The maximum absolute atomic E-state index is 14.3. The summed E-state index contributed by atoms with van der Waals surface area (Å²) in [4.78, 5) is 0. The lowest BCUT2D eigenvalue weighted by atomic mass is 9.60. The predicted molar refractivity (Wildman–Crippen MR) is 111 cm³/mol. The van der Waals surface area contributed by atoms with Gasteiger partial charge in [0.25, 0.3) is 11.8 Å². The van der Waals surface area contributed by atoms with E-state index >= 15 is 0 Å². The van der Waals surface area contributed by atoms with E-state index in [1.807, 2.05) is 0 Å². The Morgan fingerprint density at radius 2 is 0.974 bits per heavy atom. The molecular formula is C23H32F16. The first kappa shape index (κ1) is 37.9. The van der Waals surface area contributed by atoms with Gasteiger partial charge in [0.2, 0.25) is 11.3 Å². The molecule has 0 heterocycles. The van der Waals surface area contributed by atoms with Crippen LogP contribution in [0, 0.1) is 22.7 Å². The van der Waals surface area contributed by atoms with Gasteiger partial charge in [0.05, 0.1) is 0 Å². The van der Waals surface area contributed by atoms with Crippen LogP contribution in [0.4, 0.5) is 70.2 Å². The molecule has 0 aromatic carbocycles. The number of halogens is 16. The van der Waals surface area contributed by atoms with Gasteiger partial charge in [0.1, 0.15) is 10.8 Å². The van der Waals surface area contributed by atoms with Crippen molar-refractivity contribution in [2.45, 2.75) is 122 Å². The van der Waals surface area contributed by atoms with Crippen molar-refractivity contribution in [1.82, 2.24) is 0 Å². The van der Waals surface area contributed by atoms with Crippen LogP contribution in [0.3, 0.4) is 0 Å². The molecule has 0 nitrogen and oxygen atoms in total. The van der Waals surface area contributed by atoms with E-state index in [9.17, 15) is 70.2 Å². The van der Waals surface area contributed by atoms with E-state index in [1.54, 1.807) is 0 Å². The van der Waals surface area contributed by atoms with Crippen LogP contribution in [0.5, 0.6) is 0 Å². The third kappa shape index (κ3) is 5.09. The van der Waals surface area contributed by atoms with Gasteiger partial charge in [-0.05, 0) is 45.4 Å². The molecule has 0 spiro atoms. The van der Waals surface area contributed by atoms with Crippen molar-refractivity contribution in [1.29, 1.82) is 0 Å². The van der Waals surface area contributed by atoms with Gasteiger partial charge in [0.15, 0.2) is 0 Å². The number of hydrogen-bond acceptors (Lipinski definition) is 0. The Labute approximate surface area is 215 Å². The molecule has 0 N–H and O–H groups in total. The highest BCUT2D eigenvalue weighted by molar-refractivity contribution is 5.20. The normalized spacial score (nSPS) is 38.9. The zero-order valence-electron chi connectivity index (χ0n) is 21.0. The second-order valence-electron chi connectivity index (χ2n) is 10.9. The van der Waals surface area contributed by atoms with E-state index in [-0.39, 0.29) is 35.1 Å². The molecular weight excluding hydrogens is 580 g/mol. The molecule has 236 valence electrons. The zero-order chi connectivity index (χ0) is 31.0. The van der Waals surface area contributed by atoms with Gasteiger partial charge in [-0.2, -0.15) is 26.3 Å². The molecule has 0 aliphatic heterocycles. The topological polar surface area (TPSA) is 0 Å². The van der Waals surface area contributed by atoms with Gasteiger partial charge in [-0.1, -0.05) is 21.3 Å². The van der Waals surface area contributed by atoms with Crippen molar-refractivity contribution in [2.75, 3.05) is 0 Å². The molecule has 0 saturated heterocycles. The SMILES string of the molecule is C.CC1CC(C)(C(F)(F)F)C(F)(F)C(F)(C(C)(F)F)C1.CCC1CC(C)(C(F)(F)F)C(F)(F)C1(F)C(C)(F)F. The lowest BCUT2D eigenvalue weighted by molar-refractivity contribution is -0.373. The first-order valence-corrected chi connectivity index (χ1v) is 11.3. The van der Waals surface area contributed by atoms with Gasteiger partial charge >= 0.3 is 24.2 Å². The Balaban J connectivity index is 0.000000722. The third-order valence-corrected chi connectivity index (χ3v) is 8.02. The molecule has 0 amide bonds. The summed E-state index contributed by atoms with van der Waals surface area (Å²) < 4.78 is 214. The van der Waals surface area contributed by atoms with E-state index < -0.39 is 95.7 Å². The Kier molecular flexibility index (Phi) is 9.72. The Morgan fingerprint density at radius 1 is 0.615 bits per heavy atom. The Hall–Kier alpha value is -1.12. The smallest absolute Gasteiger partial charge is 0.230 e. The van der Waals surface area contributed by atoms with Crippen molar-refractivity contribution in [2.24, 2.45) is 22.7 Å². The molecule has 2 aliphatic carbocycles. The average Bonchev–Trinajstić information content (AvgIpc) is 2.83. The second kappa shape index (κ2) is 10.0. The van der Waals surface area contributed by atoms with Gasteiger partial charge in [0, 0.05) is 19.8 Å². The second-order valence-corrected chi connectivity index (χ2v) is 10.9. The van der Waals surface area contributed by atoms with Gasteiger partial charge in [-0.15, -0.1) is 0 Å². The summed E-state index contributed by atoms with van der Waals surface area (Å²) in [5.41, 5.74) is -16.6. The Bertz CT molecular complexity index is 816.